The number of fused-ring (bicyclic) bond motifs is 2. The molecule has 0 amide bonds. The number of aliphatic hydroxyl groups is 1. The minimum Gasteiger partial charge on any atom is -0.511 e. The SMILES string of the molecule is CCOC(=O)C1=C(O)[C@H]2CC[C@@H](CN(C)C)N(C1)C2. The van der Waals surface area contributed by atoms with E-state index in [1.54, 1.807) is 6.92 Å². The van der Waals surface area contributed by atoms with Gasteiger partial charge in [0.25, 0.3) is 0 Å². The van der Waals surface area contributed by atoms with E-state index in [1.165, 1.54) is 0 Å². The lowest BCUT2D eigenvalue weighted by Crippen LogP contribution is -2.52. The second-order valence-corrected chi connectivity index (χ2v) is 5.70. The Morgan fingerprint density at radius 2 is 2.21 bits per heavy atom. The van der Waals surface area contributed by atoms with Gasteiger partial charge in [-0.15, -0.1) is 0 Å². The van der Waals surface area contributed by atoms with Crippen LogP contribution in [0.5, 0.6) is 0 Å². The number of hydrogen-bond acceptors (Lipinski definition) is 5. The zero-order valence-corrected chi connectivity index (χ0v) is 12.1. The van der Waals surface area contributed by atoms with Gasteiger partial charge in [0.2, 0.25) is 0 Å². The normalized spacial score (nSPS) is 30.6. The topological polar surface area (TPSA) is 53.0 Å². The lowest BCUT2D eigenvalue weighted by atomic mass is 9.85. The summed E-state index contributed by atoms with van der Waals surface area (Å²) in [4.78, 5) is 16.4. The van der Waals surface area contributed by atoms with Gasteiger partial charge in [-0.3, -0.25) is 4.90 Å². The molecule has 0 aromatic carbocycles. The van der Waals surface area contributed by atoms with Gasteiger partial charge in [-0.25, -0.2) is 4.79 Å². The van der Waals surface area contributed by atoms with Crippen LogP contribution in [0.4, 0.5) is 0 Å². The fourth-order valence-corrected chi connectivity index (χ4v) is 3.06. The molecule has 1 saturated heterocycles. The Balaban J connectivity index is 2.12. The van der Waals surface area contributed by atoms with E-state index in [-0.39, 0.29) is 17.6 Å². The lowest BCUT2D eigenvalue weighted by Gasteiger charge is -2.44. The number of ether oxygens (including phenoxy) is 1. The number of rotatable bonds is 4. The standard InChI is InChI=1S/C14H24N2O3/c1-4-19-14(18)12-9-16-7-10(13(12)17)5-6-11(16)8-15(2)3/h10-11,17H,4-9H2,1-3H3/t10-,11-/m0/s1. The summed E-state index contributed by atoms with van der Waals surface area (Å²) in [5.41, 5.74) is 0.460. The minimum absolute atomic E-state index is 0.103. The molecule has 1 unspecified atom stereocenters. The van der Waals surface area contributed by atoms with Crippen LogP contribution >= 0.6 is 0 Å². The van der Waals surface area contributed by atoms with Gasteiger partial charge in [-0.2, -0.15) is 0 Å². The van der Waals surface area contributed by atoms with Crippen molar-refractivity contribution in [1.29, 1.82) is 0 Å². The van der Waals surface area contributed by atoms with Crippen LogP contribution in [0.25, 0.3) is 0 Å². The first-order chi connectivity index (χ1) is 9.02. The lowest BCUT2D eigenvalue weighted by molar-refractivity contribution is -0.139. The quantitative estimate of drug-likeness (QED) is 0.771. The van der Waals surface area contributed by atoms with Crippen LogP contribution in [0.2, 0.25) is 0 Å². The number of likely N-dealkylation sites (N-methyl/N-ethyl adjacent to an activating group) is 1. The minimum atomic E-state index is -0.361. The van der Waals surface area contributed by atoms with Crippen molar-refractivity contribution in [2.45, 2.75) is 25.8 Å². The van der Waals surface area contributed by atoms with Crippen molar-refractivity contribution in [2.24, 2.45) is 5.92 Å². The van der Waals surface area contributed by atoms with Gasteiger partial charge in [0.1, 0.15) is 5.76 Å². The van der Waals surface area contributed by atoms with E-state index in [1.807, 2.05) is 0 Å². The summed E-state index contributed by atoms with van der Waals surface area (Å²) >= 11 is 0. The van der Waals surface area contributed by atoms with Crippen molar-refractivity contribution in [3.63, 3.8) is 0 Å². The highest BCUT2D eigenvalue weighted by molar-refractivity contribution is 5.89. The second kappa shape index (κ2) is 5.92. The number of esters is 1. The van der Waals surface area contributed by atoms with Crippen molar-refractivity contribution in [2.75, 3.05) is 40.3 Å². The van der Waals surface area contributed by atoms with E-state index in [2.05, 4.69) is 23.9 Å². The highest BCUT2D eigenvalue weighted by Gasteiger charge is 2.38. The molecule has 0 radical (unpaired) electrons. The van der Waals surface area contributed by atoms with Gasteiger partial charge in [0, 0.05) is 31.6 Å². The average Bonchev–Trinajstić information content (AvgIpc) is 2.36. The average molecular weight is 268 g/mol. The number of carbonyl (C=O) groups excluding carboxylic acids is 1. The molecule has 2 rings (SSSR count). The van der Waals surface area contributed by atoms with E-state index >= 15 is 0 Å². The molecule has 5 heteroatoms. The monoisotopic (exact) mass is 268 g/mol. The van der Waals surface area contributed by atoms with E-state index < -0.39 is 0 Å². The maximum Gasteiger partial charge on any atom is 0.338 e. The first-order valence-electron chi connectivity index (χ1n) is 7.00. The molecule has 108 valence electrons. The summed E-state index contributed by atoms with van der Waals surface area (Å²) in [7, 11) is 4.13. The number of hydrogen-bond donors (Lipinski definition) is 1. The maximum absolute atomic E-state index is 11.9. The van der Waals surface area contributed by atoms with E-state index in [4.69, 9.17) is 4.74 Å². The fourth-order valence-electron chi connectivity index (χ4n) is 3.06. The van der Waals surface area contributed by atoms with Gasteiger partial charge in [0.05, 0.1) is 12.2 Å². The summed E-state index contributed by atoms with van der Waals surface area (Å²) in [5.74, 6) is 0.00442. The highest BCUT2D eigenvalue weighted by atomic mass is 16.5. The molecular weight excluding hydrogens is 244 g/mol. The van der Waals surface area contributed by atoms with Crippen molar-refractivity contribution in [3.8, 4) is 0 Å². The Morgan fingerprint density at radius 1 is 1.47 bits per heavy atom. The smallest absolute Gasteiger partial charge is 0.338 e. The predicted octanol–water partition coefficient (Wildman–Crippen LogP) is 1.02. The Labute approximate surface area is 114 Å². The molecule has 1 N–H and O–H groups in total. The second-order valence-electron chi connectivity index (χ2n) is 5.70. The third-order valence-electron chi connectivity index (χ3n) is 3.97. The molecule has 0 aromatic rings. The molecule has 0 spiro atoms. The zero-order valence-electron chi connectivity index (χ0n) is 12.1. The van der Waals surface area contributed by atoms with Crippen LogP contribution in [-0.4, -0.2) is 67.3 Å². The van der Waals surface area contributed by atoms with Gasteiger partial charge in [-0.05, 0) is 33.9 Å². The van der Waals surface area contributed by atoms with E-state index in [9.17, 15) is 9.90 Å². The zero-order chi connectivity index (χ0) is 14.0. The van der Waals surface area contributed by atoms with Crippen LogP contribution < -0.4 is 0 Å². The first kappa shape index (κ1) is 14.3. The van der Waals surface area contributed by atoms with Gasteiger partial charge >= 0.3 is 5.97 Å². The van der Waals surface area contributed by atoms with Gasteiger partial charge in [-0.1, -0.05) is 0 Å². The predicted molar refractivity (Wildman–Crippen MR) is 72.9 cm³/mol. The van der Waals surface area contributed by atoms with Crippen molar-refractivity contribution in [3.05, 3.63) is 11.3 Å². The number of carbonyl (C=O) groups is 1. The molecule has 0 aromatic heterocycles. The summed E-state index contributed by atoms with van der Waals surface area (Å²) in [6.07, 6.45) is 2.02. The van der Waals surface area contributed by atoms with E-state index in [0.29, 0.717) is 24.8 Å². The molecule has 2 heterocycles. The highest BCUT2D eigenvalue weighted by Crippen LogP contribution is 2.33. The molecule has 0 aliphatic carbocycles. The number of aliphatic hydroxyl groups excluding tert-OH is 1. The van der Waals surface area contributed by atoms with Crippen LogP contribution in [0.15, 0.2) is 11.3 Å². The molecule has 2 aliphatic rings. The van der Waals surface area contributed by atoms with Gasteiger partial charge in [0.15, 0.2) is 0 Å². The molecule has 19 heavy (non-hydrogen) atoms. The Bertz CT molecular complexity index is 379. The third kappa shape index (κ3) is 3.09. The molecule has 2 aliphatic heterocycles. The molecule has 5 nitrogen and oxygen atoms in total. The first-order valence-corrected chi connectivity index (χ1v) is 7.00. The van der Waals surface area contributed by atoms with Gasteiger partial charge < -0.3 is 14.7 Å². The van der Waals surface area contributed by atoms with E-state index in [0.717, 1.165) is 25.9 Å². The molecule has 3 atom stereocenters. The fraction of sp³-hybridized carbons (Fsp3) is 0.786. The van der Waals surface area contributed by atoms with Crippen LogP contribution in [0, 0.1) is 5.92 Å². The Morgan fingerprint density at radius 3 is 2.84 bits per heavy atom. The molecule has 1 fully saturated rings. The third-order valence-corrected chi connectivity index (χ3v) is 3.97. The summed E-state index contributed by atoms with van der Waals surface area (Å²) < 4.78 is 5.04. The Kier molecular flexibility index (Phi) is 4.47. The summed E-state index contributed by atoms with van der Waals surface area (Å²) in [6, 6.07) is 0.462. The van der Waals surface area contributed by atoms with Crippen molar-refractivity contribution < 1.29 is 14.6 Å². The molecule has 2 bridgehead atoms. The van der Waals surface area contributed by atoms with Crippen LogP contribution in [-0.2, 0) is 9.53 Å². The van der Waals surface area contributed by atoms with Crippen molar-refractivity contribution in [1.82, 2.24) is 9.80 Å². The van der Waals surface area contributed by atoms with Crippen LogP contribution in [0.3, 0.4) is 0 Å². The largest absolute Gasteiger partial charge is 0.511 e. The van der Waals surface area contributed by atoms with Crippen LogP contribution in [0.1, 0.15) is 19.8 Å². The Hall–Kier alpha value is -1.07. The summed E-state index contributed by atoms with van der Waals surface area (Å²) in [6.45, 7) is 4.49. The molecule has 0 saturated carbocycles. The molecular formula is C14H24N2O3. The summed E-state index contributed by atoms with van der Waals surface area (Å²) in [5, 5.41) is 10.2. The number of piperidine rings is 1. The van der Waals surface area contributed by atoms with Crippen molar-refractivity contribution >= 4 is 5.97 Å². The number of nitrogens with zero attached hydrogens (tertiary/aromatic N) is 2. The maximum atomic E-state index is 11.9.